The first-order chi connectivity index (χ1) is 19.2. The molecule has 0 atom stereocenters. The third-order valence-corrected chi connectivity index (χ3v) is 7.21. The van der Waals surface area contributed by atoms with Gasteiger partial charge >= 0.3 is 5.97 Å². The molecule has 0 unspecified atom stereocenters. The van der Waals surface area contributed by atoms with Gasteiger partial charge in [0.1, 0.15) is 0 Å². The first-order valence-electron chi connectivity index (χ1n) is 13.2. The Morgan fingerprint density at radius 1 is 0.750 bits per heavy atom. The molecular weight excluding hydrogens is 500 g/mol. The molecule has 0 bridgehead atoms. The lowest BCUT2D eigenvalue weighted by Gasteiger charge is -2.10. The van der Waals surface area contributed by atoms with Crippen LogP contribution in [0.1, 0.15) is 62.4 Å². The van der Waals surface area contributed by atoms with Crippen LogP contribution in [0.15, 0.2) is 84.0 Å². The van der Waals surface area contributed by atoms with Crippen LogP contribution in [0.25, 0.3) is 21.8 Å². The molecule has 4 aromatic carbocycles. The van der Waals surface area contributed by atoms with E-state index in [1.54, 1.807) is 6.07 Å². The molecule has 0 spiro atoms. The van der Waals surface area contributed by atoms with Crippen molar-refractivity contribution in [2.45, 2.75) is 41.2 Å². The summed E-state index contributed by atoms with van der Waals surface area (Å²) in [6.45, 7) is 9.82. The van der Waals surface area contributed by atoms with Crippen LogP contribution in [0.3, 0.4) is 0 Å². The zero-order valence-electron chi connectivity index (χ0n) is 23.2. The maximum atomic E-state index is 13.9. The predicted octanol–water partition coefficient (Wildman–Crippen LogP) is 7.12. The van der Waals surface area contributed by atoms with E-state index < -0.39 is 5.97 Å². The van der Waals surface area contributed by atoms with Gasteiger partial charge in [-0.25, -0.2) is 4.79 Å². The number of oxime groups is 1. The maximum absolute atomic E-state index is 13.9. The Labute approximate surface area is 232 Å². The van der Waals surface area contributed by atoms with Crippen molar-refractivity contribution in [2.24, 2.45) is 5.16 Å². The molecule has 5 aromatic rings. The highest BCUT2D eigenvalue weighted by Gasteiger charge is 2.22. The van der Waals surface area contributed by atoms with E-state index in [1.807, 2.05) is 93.6 Å². The number of hydrogen-bond acceptors (Lipinski definition) is 5. The van der Waals surface area contributed by atoms with Gasteiger partial charge in [-0.05, 0) is 75.2 Å². The quantitative estimate of drug-likeness (QED) is 0.0971. The minimum Gasteiger partial charge on any atom is -0.341 e. The van der Waals surface area contributed by atoms with Crippen molar-refractivity contribution < 1.29 is 19.2 Å². The third kappa shape index (κ3) is 4.84. The van der Waals surface area contributed by atoms with Crippen LogP contribution >= 0.6 is 0 Å². The van der Waals surface area contributed by atoms with Crippen molar-refractivity contribution in [1.82, 2.24) is 4.57 Å². The Morgan fingerprint density at radius 3 is 2.02 bits per heavy atom. The molecule has 0 aliphatic rings. The number of hydrogen-bond donors (Lipinski definition) is 0. The summed E-state index contributed by atoms with van der Waals surface area (Å²) >= 11 is 0. The largest absolute Gasteiger partial charge is 0.341 e. The van der Waals surface area contributed by atoms with Crippen LogP contribution in [0.2, 0.25) is 0 Å². The molecule has 40 heavy (non-hydrogen) atoms. The Kier molecular flexibility index (Phi) is 7.18. The Balaban J connectivity index is 1.66. The molecule has 0 saturated heterocycles. The molecule has 1 aromatic heterocycles. The molecule has 5 rings (SSSR count). The number of carbonyl (C=O) groups is 3. The standard InChI is InChI=1S/C34H30N2O4/c1-6-36-30-15-12-24(33(38)27-10-8-7-9-21(27)3)18-28(30)29-19-25(13-16-31(29)36)34(39)32(35-40-23(5)37)26-14-11-20(2)17-22(26)4/h7-19H,6H2,1-5H3/b35-32+. The fourth-order valence-electron chi connectivity index (χ4n) is 5.25. The Bertz CT molecular complexity index is 1860. The second-order valence-corrected chi connectivity index (χ2v) is 10.0. The molecule has 0 amide bonds. The van der Waals surface area contributed by atoms with Crippen LogP contribution in [0.4, 0.5) is 0 Å². The predicted molar refractivity (Wildman–Crippen MR) is 158 cm³/mol. The van der Waals surface area contributed by atoms with Crippen molar-refractivity contribution >= 4 is 45.1 Å². The number of Topliss-reactive ketones (excluding diaryl/α,β-unsaturated/α-hetero) is 1. The van der Waals surface area contributed by atoms with Crippen LogP contribution in [0.5, 0.6) is 0 Å². The summed E-state index contributed by atoms with van der Waals surface area (Å²) in [4.78, 5) is 43.8. The highest BCUT2D eigenvalue weighted by molar-refractivity contribution is 6.51. The van der Waals surface area contributed by atoms with Crippen LogP contribution in [0, 0.1) is 20.8 Å². The van der Waals surface area contributed by atoms with E-state index in [0.717, 1.165) is 45.0 Å². The number of fused-ring (bicyclic) bond motifs is 3. The summed E-state index contributed by atoms with van der Waals surface area (Å²) in [6, 6.07) is 24.5. The summed E-state index contributed by atoms with van der Waals surface area (Å²) in [6.07, 6.45) is 0. The van der Waals surface area contributed by atoms with Crippen LogP contribution in [-0.2, 0) is 16.2 Å². The second kappa shape index (κ2) is 10.7. The van der Waals surface area contributed by atoms with E-state index in [0.29, 0.717) is 22.3 Å². The van der Waals surface area contributed by atoms with E-state index in [2.05, 4.69) is 16.6 Å². The lowest BCUT2D eigenvalue weighted by atomic mass is 9.95. The van der Waals surface area contributed by atoms with Crippen molar-refractivity contribution in [3.8, 4) is 0 Å². The lowest BCUT2D eigenvalue weighted by Crippen LogP contribution is -2.18. The van der Waals surface area contributed by atoms with Crippen LogP contribution in [-0.4, -0.2) is 27.8 Å². The molecular formula is C34H30N2O4. The Morgan fingerprint density at radius 2 is 1.40 bits per heavy atom. The van der Waals surface area contributed by atoms with Gasteiger partial charge in [0.05, 0.1) is 0 Å². The second-order valence-electron chi connectivity index (χ2n) is 10.0. The fraction of sp³-hybridized carbons (Fsp3) is 0.176. The normalized spacial score (nSPS) is 11.7. The molecule has 0 N–H and O–H groups in total. The fourth-order valence-corrected chi connectivity index (χ4v) is 5.25. The summed E-state index contributed by atoms with van der Waals surface area (Å²) < 4.78 is 2.17. The number of nitrogens with zero attached hydrogens (tertiary/aromatic N) is 2. The van der Waals surface area contributed by atoms with Crippen LogP contribution < -0.4 is 0 Å². The Hall–Kier alpha value is -4.84. The van der Waals surface area contributed by atoms with Gasteiger partial charge in [-0.2, -0.15) is 0 Å². The minimum atomic E-state index is -0.609. The van der Waals surface area contributed by atoms with Gasteiger partial charge < -0.3 is 9.40 Å². The van der Waals surface area contributed by atoms with Gasteiger partial charge in [-0.3, -0.25) is 9.59 Å². The third-order valence-electron chi connectivity index (χ3n) is 7.21. The van der Waals surface area contributed by atoms with Gasteiger partial charge in [-0.1, -0.05) is 53.2 Å². The highest BCUT2D eigenvalue weighted by Crippen LogP contribution is 2.32. The summed E-state index contributed by atoms with van der Waals surface area (Å²) in [5, 5.41) is 5.71. The number of aryl methyl sites for hydroxylation is 4. The average molecular weight is 531 g/mol. The number of carbonyl (C=O) groups excluding carboxylic acids is 3. The lowest BCUT2D eigenvalue weighted by molar-refractivity contribution is -0.140. The molecule has 200 valence electrons. The maximum Gasteiger partial charge on any atom is 0.332 e. The zero-order chi connectivity index (χ0) is 28.6. The molecule has 0 fully saturated rings. The number of rotatable bonds is 7. The highest BCUT2D eigenvalue weighted by atomic mass is 16.7. The van der Waals surface area contributed by atoms with Gasteiger partial charge in [0.2, 0.25) is 5.78 Å². The molecule has 6 nitrogen and oxygen atoms in total. The smallest absolute Gasteiger partial charge is 0.332 e. The summed E-state index contributed by atoms with van der Waals surface area (Å²) in [5.41, 5.74) is 7.06. The van der Waals surface area contributed by atoms with Crippen molar-refractivity contribution in [1.29, 1.82) is 0 Å². The average Bonchev–Trinajstić information content (AvgIpc) is 3.25. The number of ketones is 2. The molecule has 0 saturated carbocycles. The summed E-state index contributed by atoms with van der Waals surface area (Å²) in [5.74, 6) is -1.02. The zero-order valence-corrected chi connectivity index (χ0v) is 23.2. The van der Waals surface area contributed by atoms with Gasteiger partial charge in [-0.15, -0.1) is 0 Å². The van der Waals surface area contributed by atoms with Gasteiger partial charge in [0.25, 0.3) is 0 Å². The summed E-state index contributed by atoms with van der Waals surface area (Å²) in [7, 11) is 0. The monoisotopic (exact) mass is 530 g/mol. The van der Waals surface area contributed by atoms with E-state index in [-0.39, 0.29) is 17.3 Å². The van der Waals surface area contributed by atoms with Gasteiger partial charge in [0, 0.05) is 57.5 Å². The van der Waals surface area contributed by atoms with E-state index in [4.69, 9.17) is 4.84 Å². The van der Waals surface area contributed by atoms with E-state index in [9.17, 15) is 14.4 Å². The van der Waals surface area contributed by atoms with Crippen molar-refractivity contribution in [3.63, 3.8) is 0 Å². The SMILES string of the molecule is CCn1c2ccc(C(=O)/C(=N/OC(C)=O)c3ccc(C)cc3C)cc2c2cc(C(=O)c3ccccc3C)ccc21. The van der Waals surface area contributed by atoms with E-state index >= 15 is 0 Å². The number of aromatic nitrogens is 1. The van der Waals surface area contributed by atoms with Gasteiger partial charge in [0.15, 0.2) is 11.5 Å². The number of benzene rings is 4. The molecule has 6 heteroatoms. The minimum absolute atomic E-state index is 0.0460. The molecule has 0 aliphatic carbocycles. The van der Waals surface area contributed by atoms with E-state index in [1.165, 1.54) is 6.92 Å². The van der Waals surface area contributed by atoms with Crippen molar-refractivity contribution in [2.75, 3.05) is 0 Å². The van der Waals surface area contributed by atoms with Crippen molar-refractivity contribution in [3.05, 3.63) is 118 Å². The molecule has 0 radical (unpaired) electrons. The topological polar surface area (TPSA) is 77.7 Å². The first-order valence-corrected chi connectivity index (χ1v) is 13.2. The first kappa shape index (κ1) is 26.8. The molecule has 0 aliphatic heterocycles. The molecule has 1 heterocycles.